The summed E-state index contributed by atoms with van der Waals surface area (Å²) < 4.78 is 0. The van der Waals surface area contributed by atoms with Gasteiger partial charge in [-0.25, -0.2) is 14.6 Å². The van der Waals surface area contributed by atoms with Crippen LogP contribution in [0, 0.1) is 6.92 Å². The van der Waals surface area contributed by atoms with Crippen molar-refractivity contribution in [2.45, 2.75) is 19.9 Å². The van der Waals surface area contributed by atoms with E-state index >= 15 is 0 Å². The van der Waals surface area contributed by atoms with Gasteiger partial charge in [0.1, 0.15) is 0 Å². The molecule has 2 heterocycles. The van der Waals surface area contributed by atoms with Gasteiger partial charge in [-0.1, -0.05) is 0 Å². The highest BCUT2D eigenvalue weighted by Crippen LogP contribution is 2.14. The molecule has 0 aliphatic carbocycles. The van der Waals surface area contributed by atoms with Crippen LogP contribution >= 0.6 is 22.7 Å². The number of thiazole rings is 1. The lowest BCUT2D eigenvalue weighted by molar-refractivity contribution is 0.0691. The fourth-order valence-corrected chi connectivity index (χ4v) is 3.22. The summed E-state index contributed by atoms with van der Waals surface area (Å²) in [7, 11) is 0. The second-order valence-corrected chi connectivity index (χ2v) is 6.62. The minimum absolute atomic E-state index is 0.0486. The molecule has 0 bridgehead atoms. The normalized spacial score (nSPS) is 10.3. The third kappa shape index (κ3) is 4.83. The molecule has 6 nitrogen and oxygen atoms in total. The molecule has 0 spiro atoms. The van der Waals surface area contributed by atoms with Crippen molar-refractivity contribution in [3.05, 3.63) is 38.0 Å². The molecule has 0 saturated carbocycles. The molecular formula is C13H15N3O3S2. The number of hydrogen-bond acceptors (Lipinski definition) is 5. The van der Waals surface area contributed by atoms with Crippen LogP contribution in [0.5, 0.6) is 0 Å². The van der Waals surface area contributed by atoms with E-state index < -0.39 is 5.97 Å². The van der Waals surface area contributed by atoms with E-state index in [-0.39, 0.29) is 11.7 Å². The second kappa shape index (κ2) is 7.19. The molecule has 2 amide bonds. The number of aromatic carboxylic acids is 1. The Kier molecular flexibility index (Phi) is 5.29. The number of carbonyl (C=O) groups is 2. The maximum atomic E-state index is 11.6. The molecule has 2 rings (SSSR count). The Balaban J connectivity index is 1.67. The van der Waals surface area contributed by atoms with Gasteiger partial charge in [0, 0.05) is 28.1 Å². The van der Waals surface area contributed by atoms with Crippen molar-refractivity contribution in [2.24, 2.45) is 0 Å². The molecular weight excluding hydrogens is 310 g/mol. The van der Waals surface area contributed by atoms with E-state index in [4.69, 9.17) is 5.11 Å². The number of aryl methyl sites for hydroxylation is 1. The van der Waals surface area contributed by atoms with E-state index in [1.165, 1.54) is 21.6 Å². The van der Waals surface area contributed by atoms with E-state index in [0.717, 1.165) is 4.88 Å². The molecule has 8 heteroatoms. The monoisotopic (exact) mass is 325 g/mol. The molecule has 21 heavy (non-hydrogen) atoms. The average Bonchev–Trinajstić information content (AvgIpc) is 3.05. The summed E-state index contributed by atoms with van der Waals surface area (Å²) in [6.45, 7) is 2.94. The van der Waals surface area contributed by atoms with E-state index in [0.29, 0.717) is 24.5 Å². The zero-order chi connectivity index (χ0) is 15.2. The summed E-state index contributed by atoms with van der Waals surface area (Å²) in [4.78, 5) is 28.6. The molecule has 0 radical (unpaired) electrons. The van der Waals surface area contributed by atoms with Gasteiger partial charge in [-0.2, -0.15) is 0 Å². The first-order valence-corrected chi connectivity index (χ1v) is 7.99. The Morgan fingerprint density at radius 2 is 2.14 bits per heavy atom. The number of rotatable bonds is 6. The van der Waals surface area contributed by atoms with E-state index in [1.807, 2.05) is 19.1 Å². The van der Waals surface area contributed by atoms with Crippen LogP contribution in [0.25, 0.3) is 0 Å². The van der Waals surface area contributed by atoms with E-state index in [1.54, 1.807) is 11.3 Å². The molecule has 3 N–H and O–H groups in total. The van der Waals surface area contributed by atoms with Gasteiger partial charge in [0.2, 0.25) is 0 Å². The maximum Gasteiger partial charge on any atom is 0.355 e. The van der Waals surface area contributed by atoms with Crippen molar-refractivity contribution in [3.8, 4) is 0 Å². The van der Waals surface area contributed by atoms with Crippen LogP contribution in [0.1, 0.15) is 25.3 Å². The molecule has 2 aromatic heterocycles. The number of nitrogens with zero attached hydrogens (tertiary/aromatic N) is 1. The van der Waals surface area contributed by atoms with Gasteiger partial charge in [-0.15, -0.1) is 22.7 Å². The number of amides is 2. The molecule has 112 valence electrons. The second-order valence-electron chi connectivity index (χ2n) is 4.30. The van der Waals surface area contributed by atoms with Crippen molar-refractivity contribution in [1.29, 1.82) is 0 Å². The molecule has 0 unspecified atom stereocenters. The zero-order valence-corrected chi connectivity index (χ0v) is 13.0. The van der Waals surface area contributed by atoms with Crippen LogP contribution in [-0.2, 0) is 13.0 Å². The Morgan fingerprint density at radius 1 is 1.33 bits per heavy atom. The van der Waals surface area contributed by atoms with Crippen LogP contribution in [-0.4, -0.2) is 28.6 Å². The van der Waals surface area contributed by atoms with Gasteiger partial charge < -0.3 is 15.7 Å². The zero-order valence-electron chi connectivity index (χ0n) is 11.4. The predicted octanol–water partition coefficient (Wildman–Crippen LogP) is 2.25. The van der Waals surface area contributed by atoms with Crippen LogP contribution in [0.4, 0.5) is 4.79 Å². The highest BCUT2D eigenvalue weighted by atomic mass is 32.1. The van der Waals surface area contributed by atoms with Crippen LogP contribution in [0.2, 0.25) is 0 Å². The van der Waals surface area contributed by atoms with Crippen molar-refractivity contribution in [2.75, 3.05) is 6.54 Å². The number of nitrogens with one attached hydrogen (secondary N) is 2. The highest BCUT2D eigenvalue weighted by Gasteiger charge is 2.08. The molecule has 0 saturated heterocycles. The van der Waals surface area contributed by atoms with Gasteiger partial charge >= 0.3 is 12.0 Å². The number of thiophene rings is 1. The Hall–Kier alpha value is -1.93. The predicted molar refractivity (Wildman–Crippen MR) is 82.1 cm³/mol. The minimum atomic E-state index is -1.03. The summed E-state index contributed by atoms with van der Waals surface area (Å²) in [5.74, 6) is -1.03. The largest absolute Gasteiger partial charge is 0.476 e. The maximum absolute atomic E-state index is 11.6. The number of hydrogen-bond donors (Lipinski definition) is 3. The average molecular weight is 325 g/mol. The SMILES string of the molecule is Cc1ccc(CNC(=O)NCCc2nc(C(=O)O)cs2)s1. The lowest BCUT2D eigenvalue weighted by Gasteiger charge is -2.05. The van der Waals surface area contributed by atoms with Crippen molar-refractivity contribution in [3.63, 3.8) is 0 Å². The van der Waals surface area contributed by atoms with Crippen molar-refractivity contribution >= 4 is 34.7 Å². The summed E-state index contributed by atoms with van der Waals surface area (Å²) in [6, 6.07) is 3.77. The fourth-order valence-electron chi connectivity index (χ4n) is 1.62. The first-order valence-electron chi connectivity index (χ1n) is 6.29. The van der Waals surface area contributed by atoms with E-state index in [2.05, 4.69) is 15.6 Å². The van der Waals surface area contributed by atoms with Gasteiger partial charge in [0.15, 0.2) is 5.69 Å². The number of carboxylic acids is 1. The standard InChI is InChI=1S/C13H15N3O3S2/c1-8-2-3-9(21-8)6-15-13(19)14-5-4-11-16-10(7-20-11)12(17)18/h2-3,7H,4-6H2,1H3,(H,17,18)(H2,14,15,19). The Bertz CT molecular complexity index is 636. The van der Waals surface area contributed by atoms with E-state index in [9.17, 15) is 9.59 Å². The van der Waals surface area contributed by atoms with Gasteiger partial charge in [-0.3, -0.25) is 0 Å². The number of urea groups is 1. The summed E-state index contributed by atoms with van der Waals surface area (Å²) >= 11 is 2.93. The molecule has 0 aromatic carbocycles. The van der Waals surface area contributed by atoms with Gasteiger partial charge in [0.25, 0.3) is 0 Å². The quantitative estimate of drug-likeness (QED) is 0.759. The first kappa shape index (κ1) is 15.5. The topological polar surface area (TPSA) is 91.3 Å². The molecule has 0 aliphatic rings. The van der Waals surface area contributed by atoms with Crippen LogP contribution < -0.4 is 10.6 Å². The van der Waals surface area contributed by atoms with Gasteiger partial charge in [-0.05, 0) is 19.1 Å². The molecule has 0 atom stereocenters. The number of carbonyl (C=O) groups excluding carboxylic acids is 1. The lowest BCUT2D eigenvalue weighted by Crippen LogP contribution is -2.36. The Labute approximate surface area is 129 Å². The van der Waals surface area contributed by atoms with Gasteiger partial charge in [0.05, 0.1) is 11.6 Å². The summed E-state index contributed by atoms with van der Waals surface area (Å²) in [5, 5.41) is 16.4. The lowest BCUT2D eigenvalue weighted by atomic mass is 10.4. The third-order valence-electron chi connectivity index (χ3n) is 2.61. The smallest absolute Gasteiger partial charge is 0.355 e. The summed E-state index contributed by atoms with van der Waals surface area (Å²) in [6.07, 6.45) is 0.517. The highest BCUT2D eigenvalue weighted by molar-refractivity contribution is 7.11. The number of carboxylic acid groups (broad SMARTS) is 1. The molecule has 0 fully saturated rings. The van der Waals surface area contributed by atoms with Crippen LogP contribution in [0.3, 0.4) is 0 Å². The number of aromatic nitrogens is 1. The third-order valence-corrected chi connectivity index (χ3v) is 4.52. The summed E-state index contributed by atoms with van der Waals surface area (Å²) in [5.41, 5.74) is 0.0486. The fraction of sp³-hybridized carbons (Fsp3) is 0.308. The Morgan fingerprint density at radius 3 is 2.76 bits per heavy atom. The van der Waals surface area contributed by atoms with Crippen LogP contribution in [0.15, 0.2) is 17.5 Å². The molecule has 0 aliphatic heterocycles. The van der Waals surface area contributed by atoms with Crippen molar-refractivity contribution in [1.82, 2.24) is 15.6 Å². The van der Waals surface area contributed by atoms with Crippen molar-refractivity contribution < 1.29 is 14.7 Å². The minimum Gasteiger partial charge on any atom is -0.476 e. The first-order chi connectivity index (χ1) is 10.0. The molecule has 2 aromatic rings.